The van der Waals surface area contributed by atoms with E-state index in [1.807, 2.05) is 0 Å². The molecule has 0 amide bonds. The van der Waals surface area contributed by atoms with Crippen LogP contribution >= 0.6 is 28.1 Å². The number of halogens is 1. The van der Waals surface area contributed by atoms with Gasteiger partial charge in [0.25, 0.3) is 0 Å². The molecule has 0 bridgehead atoms. The maximum atomic E-state index is 5.47. The second-order valence-corrected chi connectivity index (χ2v) is 4.87. The van der Waals surface area contributed by atoms with Crippen molar-refractivity contribution < 1.29 is 0 Å². The minimum Gasteiger partial charge on any atom is -0.393 e. The Labute approximate surface area is 98.8 Å². The zero-order valence-electron chi connectivity index (χ0n) is 8.43. The summed E-state index contributed by atoms with van der Waals surface area (Å²) in [7, 11) is 0. The lowest BCUT2D eigenvalue weighted by Crippen LogP contribution is -2.08. The Hall–Kier alpha value is -0.410. The van der Waals surface area contributed by atoms with Crippen LogP contribution in [0.25, 0.3) is 0 Å². The largest absolute Gasteiger partial charge is 0.393 e. The third-order valence-electron chi connectivity index (χ3n) is 2.30. The molecule has 1 aromatic carbocycles. The van der Waals surface area contributed by atoms with Gasteiger partial charge in [-0.3, -0.25) is 0 Å². The number of nitrogens with two attached hydrogens (primary N) is 1. The van der Waals surface area contributed by atoms with E-state index >= 15 is 0 Å². The average Bonchev–Trinajstić information content (AvgIpc) is 2.09. The summed E-state index contributed by atoms with van der Waals surface area (Å²) in [4.78, 5) is 0.579. The molecule has 14 heavy (non-hydrogen) atoms. The molecule has 0 aliphatic rings. The molecular formula is C11H14BrNS. The maximum Gasteiger partial charge on any atom is 0.0730 e. The highest BCUT2D eigenvalue weighted by atomic mass is 79.9. The Morgan fingerprint density at radius 3 is 2.50 bits per heavy atom. The maximum absolute atomic E-state index is 5.47. The number of hydrogen-bond donors (Lipinski definition) is 1. The lowest BCUT2D eigenvalue weighted by molar-refractivity contribution is 1.03. The van der Waals surface area contributed by atoms with Crippen LogP contribution in [-0.2, 0) is 6.42 Å². The summed E-state index contributed by atoms with van der Waals surface area (Å²) in [5, 5.41) is 0. The Morgan fingerprint density at radius 1 is 1.36 bits per heavy atom. The fourth-order valence-electron chi connectivity index (χ4n) is 1.29. The molecule has 0 aliphatic heterocycles. The number of benzene rings is 1. The van der Waals surface area contributed by atoms with Crippen molar-refractivity contribution in [2.45, 2.75) is 26.7 Å². The molecule has 0 fully saturated rings. The molecule has 0 saturated carbocycles. The molecule has 0 atom stereocenters. The Kier molecular flexibility index (Phi) is 4.08. The van der Waals surface area contributed by atoms with Gasteiger partial charge in [-0.1, -0.05) is 34.2 Å². The van der Waals surface area contributed by atoms with E-state index in [0.717, 1.165) is 17.3 Å². The molecule has 3 heteroatoms. The van der Waals surface area contributed by atoms with Crippen LogP contribution in [0.15, 0.2) is 16.6 Å². The van der Waals surface area contributed by atoms with Crippen LogP contribution in [0.4, 0.5) is 0 Å². The lowest BCUT2D eigenvalue weighted by Gasteiger charge is -2.07. The molecule has 2 N–H and O–H groups in total. The number of hydrogen-bond acceptors (Lipinski definition) is 1. The summed E-state index contributed by atoms with van der Waals surface area (Å²) in [6, 6.07) is 4.34. The molecule has 0 heterocycles. The van der Waals surface area contributed by atoms with Crippen molar-refractivity contribution in [1.82, 2.24) is 0 Å². The van der Waals surface area contributed by atoms with Gasteiger partial charge in [0, 0.05) is 10.9 Å². The van der Waals surface area contributed by atoms with Crippen molar-refractivity contribution in [3.8, 4) is 0 Å². The van der Waals surface area contributed by atoms with Gasteiger partial charge < -0.3 is 5.73 Å². The molecule has 0 spiro atoms. The highest BCUT2D eigenvalue weighted by Crippen LogP contribution is 2.22. The first-order valence-electron chi connectivity index (χ1n) is 4.54. The van der Waals surface area contributed by atoms with Crippen molar-refractivity contribution in [1.29, 1.82) is 0 Å². The fraction of sp³-hybridized carbons (Fsp3) is 0.364. The van der Waals surface area contributed by atoms with E-state index in [2.05, 4.69) is 41.9 Å². The van der Waals surface area contributed by atoms with E-state index in [0.29, 0.717) is 4.99 Å². The topological polar surface area (TPSA) is 26.0 Å². The van der Waals surface area contributed by atoms with Crippen molar-refractivity contribution >= 4 is 33.1 Å². The van der Waals surface area contributed by atoms with Crippen LogP contribution in [0.1, 0.15) is 23.1 Å². The van der Waals surface area contributed by atoms with Crippen LogP contribution in [0.3, 0.4) is 0 Å². The molecule has 0 aromatic heterocycles. The number of rotatable bonds is 3. The van der Waals surface area contributed by atoms with E-state index in [1.54, 1.807) is 0 Å². The Bertz CT molecular complexity index is 361. The summed E-state index contributed by atoms with van der Waals surface area (Å²) in [5.41, 5.74) is 9.37. The first-order valence-corrected chi connectivity index (χ1v) is 5.74. The van der Waals surface area contributed by atoms with Gasteiger partial charge in [0.2, 0.25) is 0 Å². The van der Waals surface area contributed by atoms with E-state index in [1.165, 1.54) is 16.7 Å². The van der Waals surface area contributed by atoms with Gasteiger partial charge in [-0.15, -0.1) is 0 Å². The molecule has 0 radical (unpaired) electrons. The van der Waals surface area contributed by atoms with Crippen LogP contribution in [0, 0.1) is 13.8 Å². The summed E-state index contributed by atoms with van der Waals surface area (Å²) in [6.45, 7) is 4.23. The van der Waals surface area contributed by atoms with Gasteiger partial charge in [0.1, 0.15) is 0 Å². The third-order valence-corrected chi connectivity index (χ3v) is 3.25. The van der Waals surface area contributed by atoms with Crippen LogP contribution in [0.2, 0.25) is 0 Å². The van der Waals surface area contributed by atoms with Gasteiger partial charge in [-0.25, -0.2) is 0 Å². The summed E-state index contributed by atoms with van der Waals surface area (Å²) >= 11 is 8.41. The number of thiocarbonyl (C=S) groups is 1. The average molecular weight is 272 g/mol. The Morgan fingerprint density at radius 2 is 1.93 bits per heavy atom. The highest BCUT2D eigenvalue weighted by Gasteiger charge is 2.03. The SMILES string of the molecule is Cc1cc(Br)c(CCC(N)=S)cc1C. The third kappa shape index (κ3) is 3.07. The zero-order valence-corrected chi connectivity index (χ0v) is 10.8. The molecule has 76 valence electrons. The van der Waals surface area contributed by atoms with Crippen molar-refractivity contribution in [3.63, 3.8) is 0 Å². The van der Waals surface area contributed by atoms with Crippen molar-refractivity contribution in [3.05, 3.63) is 33.3 Å². The zero-order chi connectivity index (χ0) is 10.7. The monoisotopic (exact) mass is 271 g/mol. The second kappa shape index (κ2) is 4.89. The summed E-state index contributed by atoms with van der Waals surface area (Å²) < 4.78 is 1.15. The first-order chi connectivity index (χ1) is 6.50. The van der Waals surface area contributed by atoms with E-state index in [4.69, 9.17) is 18.0 Å². The second-order valence-electron chi connectivity index (χ2n) is 3.49. The fourth-order valence-corrected chi connectivity index (χ4v) is 2.05. The van der Waals surface area contributed by atoms with E-state index in [-0.39, 0.29) is 0 Å². The smallest absolute Gasteiger partial charge is 0.0730 e. The van der Waals surface area contributed by atoms with Crippen molar-refractivity contribution in [2.75, 3.05) is 0 Å². The first kappa shape index (κ1) is 11.7. The van der Waals surface area contributed by atoms with Gasteiger partial charge in [0.15, 0.2) is 0 Å². The predicted molar refractivity (Wildman–Crippen MR) is 68.7 cm³/mol. The van der Waals surface area contributed by atoms with Gasteiger partial charge in [-0.05, 0) is 43.0 Å². The Balaban J connectivity index is 2.87. The quantitative estimate of drug-likeness (QED) is 0.854. The molecule has 1 rings (SSSR count). The van der Waals surface area contributed by atoms with Crippen LogP contribution < -0.4 is 5.73 Å². The van der Waals surface area contributed by atoms with Crippen LogP contribution in [0.5, 0.6) is 0 Å². The minimum atomic E-state index is 0.579. The highest BCUT2D eigenvalue weighted by molar-refractivity contribution is 9.10. The summed E-state index contributed by atoms with van der Waals surface area (Å²) in [6.07, 6.45) is 1.69. The molecule has 1 aromatic rings. The molecule has 0 saturated heterocycles. The predicted octanol–water partition coefficient (Wildman–Crippen LogP) is 3.28. The standard InChI is InChI=1S/C11H14BrNS/c1-7-5-9(3-4-11(13)14)10(12)6-8(7)2/h5-6H,3-4H2,1-2H3,(H2,13,14). The number of aryl methyl sites for hydroxylation is 3. The molecular weight excluding hydrogens is 258 g/mol. The van der Waals surface area contributed by atoms with E-state index in [9.17, 15) is 0 Å². The molecule has 1 nitrogen and oxygen atoms in total. The van der Waals surface area contributed by atoms with Crippen molar-refractivity contribution in [2.24, 2.45) is 5.73 Å². The molecule has 0 unspecified atom stereocenters. The normalized spacial score (nSPS) is 10.2. The van der Waals surface area contributed by atoms with Gasteiger partial charge in [0.05, 0.1) is 4.99 Å². The van der Waals surface area contributed by atoms with Gasteiger partial charge >= 0.3 is 0 Å². The lowest BCUT2D eigenvalue weighted by atomic mass is 10.0. The van der Waals surface area contributed by atoms with E-state index < -0.39 is 0 Å². The minimum absolute atomic E-state index is 0.579. The summed E-state index contributed by atoms with van der Waals surface area (Å²) in [5.74, 6) is 0. The molecule has 0 aliphatic carbocycles. The van der Waals surface area contributed by atoms with Crippen LogP contribution in [-0.4, -0.2) is 4.99 Å². The van der Waals surface area contributed by atoms with Gasteiger partial charge in [-0.2, -0.15) is 0 Å².